The Morgan fingerprint density at radius 1 is 1.11 bits per heavy atom. The second kappa shape index (κ2) is 5.83. The van der Waals surface area contributed by atoms with Crippen LogP contribution in [-0.2, 0) is 6.42 Å². The van der Waals surface area contributed by atoms with Crippen LogP contribution in [-0.4, -0.2) is 16.6 Å². The lowest BCUT2D eigenvalue weighted by Crippen LogP contribution is -1.96. The van der Waals surface area contributed by atoms with Crippen molar-refractivity contribution < 1.29 is 4.74 Å². The van der Waals surface area contributed by atoms with E-state index in [0.717, 1.165) is 29.3 Å². The van der Waals surface area contributed by atoms with Gasteiger partial charge in [0.25, 0.3) is 0 Å². The van der Waals surface area contributed by atoms with Gasteiger partial charge in [0, 0.05) is 18.1 Å². The molecule has 0 radical (unpaired) electrons. The van der Waals surface area contributed by atoms with Crippen molar-refractivity contribution in [2.75, 3.05) is 6.61 Å². The Balaban J connectivity index is 2.33. The number of halogens is 1. The molecule has 0 saturated heterocycles. The van der Waals surface area contributed by atoms with Crippen LogP contribution in [0.2, 0.25) is 5.15 Å². The van der Waals surface area contributed by atoms with E-state index in [9.17, 15) is 0 Å². The summed E-state index contributed by atoms with van der Waals surface area (Å²) in [7, 11) is 0. The highest BCUT2D eigenvalue weighted by molar-refractivity contribution is 6.29. The largest absolute Gasteiger partial charge is 0.494 e. The average Bonchev–Trinajstić information content (AvgIpc) is 2.39. The molecule has 0 saturated carbocycles. The quantitative estimate of drug-likeness (QED) is 0.787. The van der Waals surface area contributed by atoms with E-state index in [2.05, 4.69) is 9.97 Å². The van der Waals surface area contributed by atoms with Crippen molar-refractivity contribution in [2.45, 2.75) is 20.3 Å². The fourth-order valence-electron chi connectivity index (χ4n) is 1.66. The molecule has 1 aromatic heterocycles. The van der Waals surface area contributed by atoms with E-state index in [4.69, 9.17) is 16.3 Å². The molecule has 2 aromatic rings. The fourth-order valence-corrected chi connectivity index (χ4v) is 1.86. The van der Waals surface area contributed by atoms with Crippen molar-refractivity contribution in [1.29, 1.82) is 0 Å². The summed E-state index contributed by atoms with van der Waals surface area (Å²) in [6.45, 7) is 4.64. The summed E-state index contributed by atoms with van der Waals surface area (Å²) >= 11 is 5.98. The van der Waals surface area contributed by atoms with E-state index in [1.54, 1.807) is 6.07 Å². The number of hydrogen-bond donors (Lipinski definition) is 0. The van der Waals surface area contributed by atoms with Gasteiger partial charge in [0.1, 0.15) is 16.7 Å². The van der Waals surface area contributed by atoms with Gasteiger partial charge in [-0.1, -0.05) is 18.5 Å². The van der Waals surface area contributed by atoms with Crippen LogP contribution >= 0.6 is 11.6 Å². The second-order valence-electron chi connectivity index (χ2n) is 3.80. The molecule has 0 atom stereocenters. The number of rotatable bonds is 4. The molecule has 1 heterocycles. The minimum absolute atomic E-state index is 0.478. The summed E-state index contributed by atoms with van der Waals surface area (Å²) in [6, 6.07) is 9.59. The van der Waals surface area contributed by atoms with Gasteiger partial charge in [0.2, 0.25) is 0 Å². The van der Waals surface area contributed by atoms with Gasteiger partial charge in [-0.3, -0.25) is 0 Å². The minimum atomic E-state index is 0.478. The van der Waals surface area contributed by atoms with Gasteiger partial charge < -0.3 is 4.74 Å². The predicted molar refractivity (Wildman–Crippen MR) is 73.0 cm³/mol. The molecule has 3 nitrogen and oxygen atoms in total. The number of hydrogen-bond acceptors (Lipinski definition) is 3. The Morgan fingerprint density at radius 2 is 1.83 bits per heavy atom. The number of aromatic nitrogens is 2. The van der Waals surface area contributed by atoms with Gasteiger partial charge in [-0.15, -0.1) is 0 Å². The SMILES string of the molecule is CCOc1ccc(-c2cc(Cl)nc(CC)n2)cc1. The third-order valence-electron chi connectivity index (χ3n) is 2.52. The molecule has 0 aliphatic carbocycles. The van der Waals surface area contributed by atoms with Crippen LogP contribution < -0.4 is 4.74 Å². The summed E-state index contributed by atoms with van der Waals surface area (Å²) in [5, 5.41) is 0.478. The van der Waals surface area contributed by atoms with E-state index in [1.807, 2.05) is 38.1 Å². The normalized spacial score (nSPS) is 10.4. The molecule has 2 rings (SSSR count). The van der Waals surface area contributed by atoms with Crippen LogP contribution in [0.25, 0.3) is 11.3 Å². The molecule has 0 aliphatic rings. The Morgan fingerprint density at radius 3 is 2.44 bits per heavy atom. The summed E-state index contributed by atoms with van der Waals surface area (Å²) < 4.78 is 5.41. The topological polar surface area (TPSA) is 35.0 Å². The first-order chi connectivity index (χ1) is 8.72. The van der Waals surface area contributed by atoms with Gasteiger partial charge in [-0.25, -0.2) is 9.97 Å². The van der Waals surface area contributed by atoms with E-state index >= 15 is 0 Å². The molecule has 0 bridgehead atoms. The maximum Gasteiger partial charge on any atom is 0.133 e. The molecule has 18 heavy (non-hydrogen) atoms. The van der Waals surface area contributed by atoms with Gasteiger partial charge >= 0.3 is 0 Å². The molecule has 94 valence electrons. The lowest BCUT2D eigenvalue weighted by atomic mass is 10.1. The minimum Gasteiger partial charge on any atom is -0.494 e. The first-order valence-corrected chi connectivity index (χ1v) is 6.37. The smallest absolute Gasteiger partial charge is 0.133 e. The van der Waals surface area contributed by atoms with Crippen molar-refractivity contribution in [2.24, 2.45) is 0 Å². The fraction of sp³-hybridized carbons (Fsp3) is 0.286. The molecule has 0 spiro atoms. The van der Waals surface area contributed by atoms with E-state index < -0.39 is 0 Å². The van der Waals surface area contributed by atoms with Crippen LogP contribution in [0.5, 0.6) is 5.75 Å². The van der Waals surface area contributed by atoms with Crippen LogP contribution in [0.1, 0.15) is 19.7 Å². The standard InChI is InChI=1S/C14H15ClN2O/c1-3-14-16-12(9-13(15)17-14)10-5-7-11(8-6-10)18-4-2/h5-9H,3-4H2,1-2H3. The zero-order valence-electron chi connectivity index (χ0n) is 10.5. The Bertz CT molecular complexity index is 526. The maximum atomic E-state index is 5.98. The van der Waals surface area contributed by atoms with E-state index in [-0.39, 0.29) is 0 Å². The predicted octanol–water partition coefficient (Wildman–Crippen LogP) is 3.76. The van der Waals surface area contributed by atoms with Crippen molar-refractivity contribution in [3.8, 4) is 17.0 Å². The molecular weight excluding hydrogens is 248 g/mol. The molecule has 0 aliphatic heterocycles. The molecule has 1 aromatic carbocycles. The first-order valence-electron chi connectivity index (χ1n) is 5.99. The summed E-state index contributed by atoms with van der Waals surface area (Å²) in [5.41, 5.74) is 1.85. The number of aryl methyl sites for hydroxylation is 1. The van der Waals surface area contributed by atoms with E-state index in [1.165, 1.54) is 0 Å². The highest BCUT2D eigenvalue weighted by atomic mass is 35.5. The summed E-state index contributed by atoms with van der Waals surface area (Å²) in [6.07, 6.45) is 0.768. The Hall–Kier alpha value is -1.61. The average molecular weight is 263 g/mol. The third kappa shape index (κ3) is 2.99. The van der Waals surface area contributed by atoms with Crippen LogP contribution in [0.3, 0.4) is 0 Å². The van der Waals surface area contributed by atoms with Gasteiger partial charge in [-0.05, 0) is 31.2 Å². The maximum absolute atomic E-state index is 5.98. The molecule has 0 fully saturated rings. The lowest BCUT2D eigenvalue weighted by Gasteiger charge is -2.06. The van der Waals surface area contributed by atoms with Gasteiger partial charge in [0.15, 0.2) is 0 Å². The van der Waals surface area contributed by atoms with Crippen LogP contribution in [0.4, 0.5) is 0 Å². The monoisotopic (exact) mass is 262 g/mol. The number of ether oxygens (including phenoxy) is 1. The summed E-state index contributed by atoms with van der Waals surface area (Å²) in [4.78, 5) is 8.62. The third-order valence-corrected chi connectivity index (χ3v) is 2.71. The molecule has 0 N–H and O–H groups in total. The van der Waals surface area contributed by atoms with E-state index in [0.29, 0.717) is 11.8 Å². The Labute approximate surface area is 112 Å². The second-order valence-corrected chi connectivity index (χ2v) is 4.19. The molecular formula is C14H15ClN2O. The zero-order chi connectivity index (χ0) is 13.0. The number of benzene rings is 1. The van der Waals surface area contributed by atoms with Crippen molar-refractivity contribution in [3.63, 3.8) is 0 Å². The highest BCUT2D eigenvalue weighted by Gasteiger charge is 2.04. The van der Waals surface area contributed by atoms with Crippen LogP contribution in [0, 0.1) is 0 Å². The molecule has 0 amide bonds. The molecule has 0 unspecified atom stereocenters. The zero-order valence-corrected chi connectivity index (χ0v) is 11.2. The Kier molecular flexibility index (Phi) is 4.15. The lowest BCUT2D eigenvalue weighted by molar-refractivity contribution is 0.340. The van der Waals surface area contributed by atoms with Crippen molar-refractivity contribution in [3.05, 3.63) is 41.3 Å². The van der Waals surface area contributed by atoms with Crippen molar-refractivity contribution in [1.82, 2.24) is 9.97 Å². The highest BCUT2D eigenvalue weighted by Crippen LogP contribution is 2.22. The van der Waals surface area contributed by atoms with Crippen LogP contribution in [0.15, 0.2) is 30.3 Å². The van der Waals surface area contributed by atoms with Gasteiger partial charge in [0.05, 0.1) is 12.3 Å². The van der Waals surface area contributed by atoms with Gasteiger partial charge in [-0.2, -0.15) is 0 Å². The molecule has 4 heteroatoms. The first kappa shape index (κ1) is 12.8. The number of nitrogens with zero attached hydrogens (tertiary/aromatic N) is 2. The van der Waals surface area contributed by atoms with Crippen molar-refractivity contribution >= 4 is 11.6 Å². The summed E-state index contributed by atoms with van der Waals surface area (Å²) in [5.74, 6) is 1.61.